The highest BCUT2D eigenvalue weighted by Gasteiger charge is 2.08. The van der Waals surface area contributed by atoms with E-state index in [0.29, 0.717) is 4.54 Å². The van der Waals surface area contributed by atoms with Crippen LogP contribution in [-0.4, -0.2) is 5.10 Å². The van der Waals surface area contributed by atoms with E-state index in [0.717, 1.165) is 10.9 Å². The Hall–Kier alpha value is -2.15. The van der Waals surface area contributed by atoms with Crippen molar-refractivity contribution in [2.45, 2.75) is 0 Å². The van der Waals surface area contributed by atoms with Crippen LogP contribution >= 0.6 is 0 Å². The first-order valence-electron chi connectivity index (χ1n) is 3.76. The van der Waals surface area contributed by atoms with E-state index in [1.54, 1.807) is 18.2 Å². The van der Waals surface area contributed by atoms with Gasteiger partial charge in [0.05, 0.1) is 4.91 Å². The van der Waals surface area contributed by atoms with Gasteiger partial charge in [-0.2, -0.15) is 5.26 Å². The number of hydrogen-bond acceptors (Lipinski definition) is 2. The summed E-state index contributed by atoms with van der Waals surface area (Å²) < 4.78 is 0.461. The third kappa shape index (κ3) is 1.16. The Balaban J connectivity index is 2.91. The van der Waals surface area contributed by atoms with Gasteiger partial charge in [0.2, 0.25) is 0 Å². The first kappa shape index (κ1) is 7.50. The summed E-state index contributed by atoms with van der Waals surface area (Å²) >= 11 is 0. The van der Waals surface area contributed by atoms with Crippen molar-refractivity contribution in [2.75, 3.05) is 0 Å². The molecule has 1 N–H and O–H groups in total. The monoisotopic (exact) mass is 172 g/mol. The summed E-state index contributed by atoms with van der Waals surface area (Å²) in [5, 5.41) is 12.0. The van der Waals surface area contributed by atoms with Crippen LogP contribution in [0.3, 0.4) is 0 Å². The molecule has 1 heterocycles. The van der Waals surface area contributed by atoms with E-state index < -0.39 is 0 Å². The molecule has 0 spiro atoms. The molecule has 1 aromatic carbocycles. The molecule has 0 fully saturated rings. The number of nitrogens with zero attached hydrogens (tertiary/aromatic N) is 2. The molecule has 0 unspecified atom stereocenters. The Morgan fingerprint density at radius 2 is 2.15 bits per heavy atom. The fraction of sp³-hybridized carbons (Fsp3) is 0. The molecule has 0 aliphatic rings. The molecular weight excluding hydrogens is 166 g/mol. The fourth-order valence-corrected chi connectivity index (χ4v) is 1.18. The van der Waals surface area contributed by atoms with Crippen molar-refractivity contribution in [1.82, 2.24) is 5.10 Å². The molecule has 0 amide bonds. The minimum Gasteiger partial charge on any atom is -0.186 e. The van der Waals surface area contributed by atoms with Crippen molar-refractivity contribution in [3.05, 3.63) is 40.9 Å². The molecule has 1 aromatic heterocycles. The van der Waals surface area contributed by atoms with Crippen molar-refractivity contribution in [1.29, 1.82) is 5.26 Å². The number of aromatic nitrogens is 2. The lowest BCUT2D eigenvalue weighted by Crippen LogP contribution is -2.23. The van der Waals surface area contributed by atoms with E-state index in [4.69, 9.17) is 5.26 Å². The Labute approximate surface area is 73.6 Å². The van der Waals surface area contributed by atoms with E-state index in [2.05, 4.69) is 5.10 Å². The molecule has 62 valence electrons. The van der Waals surface area contributed by atoms with Crippen molar-refractivity contribution in [3.63, 3.8) is 0 Å². The van der Waals surface area contributed by atoms with Crippen LogP contribution in [0.25, 0.3) is 10.9 Å². The van der Waals surface area contributed by atoms with Crippen LogP contribution in [0.5, 0.6) is 0 Å². The molecule has 2 rings (SSSR count). The third-order valence-corrected chi connectivity index (χ3v) is 1.81. The van der Waals surface area contributed by atoms with Crippen LogP contribution in [0.4, 0.5) is 0 Å². The summed E-state index contributed by atoms with van der Waals surface area (Å²) in [6.07, 6.45) is 0. The van der Waals surface area contributed by atoms with Crippen LogP contribution in [0.15, 0.2) is 30.3 Å². The lowest BCUT2D eigenvalue weighted by molar-refractivity contribution is -0.564. The van der Waals surface area contributed by atoms with Crippen molar-refractivity contribution in [2.24, 2.45) is 0 Å². The van der Waals surface area contributed by atoms with Gasteiger partial charge in [0.15, 0.2) is 10.6 Å². The average molecular weight is 172 g/mol. The first-order valence-corrected chi connectivity index (χ1v) is 3.76. The van der Waals surface area contributed by atoms with E-state index in [9.17, 15) is 4.91 Å². The quantitative estimate of drug-likeness (QED) is 0.601. The standard InChI is InChI=1S/C9H6N3O/c10-6-8-5-7-3-1-2-4-9(7)11-12(8)13/h1-5H,(H,11,13)/q+1. The lowest BCUT2D eigenvalue weighted by Gasteiger charge is -1.89. The second-order valence-corrected chi connectivity index (χ2v) is 2.63. The number of para-hydroxylation sites is 1. The first-order chi connectivity index (χ1) is 6.31. The molecule has 13 heavy (non-hydrogen) atoms. The molecule has 0 aliphatic heterocycles. The Morgan fingerprint density at radius 1 is 1.38 bits per heavy atom. The van der Waals surface area contributed by atoms with Gasteiger partial charge >= 0.3 is 5.69 Å². The minimum absolute atomic E-state index is 0.0682. The third-order valence-electron chi connectivity index (χ3n) is 1.81. The van der Waals surface area contributed by atoms with E-state index in [1.807, 2.05) is 18.2 Å². The molecule has 2 aromatic rings. The van der Waals surface area contributed by atoms with Crippen molar-refractivity contribution < 1.29 is 4.54 Å². The Morgan fingerprint density at radius 3 is 2.92 bits per heavy atom. The van der Waals surface area contributed by atoms with Crippen molar-refractivity contribution >= 4 is 10.9 Å². The zero-order valence-electron chi connectivity index (χ0n) is 6.69. The minimum atomic E-state index is 0.0682. The fourth-order valence-electron chi connectivity index (χ4n) is 1.18. The largest absolute Gasteiger partial charge is 0.369 e. The number of rotatable bonds is 0. The number of nitriles is 1. The van der Waals surface area contributed by atoms with Gasteiger partial charge in [-0.25, -0.2) is 0 Å². The maximum absolute atomic E-state index is 11.1. The summed E-state index contributed by atoms with van der Waals surface area (Å²) in [7, 11) is 0. The number of aromatic amines is 1. The highest BCUT2D eigenvalue weighted by molar-refractivity contribution is 5.77. The summed E-state index contributed by atoms with van der Waals surface area (Å²) in [5.41, 5.74) is 0.787. The molecule has 0 saturated heterocycles. The van der Waals surface area contributed by atoms with Crippen LogP contribution in [0.2, 0.25) is 0 Å². The van der Waals surface area contributed by atoms with Gasteiger partial charge in [-0.1, -0.05) is 18.2 Å². The maximum Gasteiger partial charge on any atom is 0.369 e. The van der Waals surface area contributed by atoms with Gasteiger partial charge < -0.3 is 0 Å². The number of nitrogens with one attached hydrogen (secondary N) is 1. The predicted octanol–water partition coefficient (Wildman–Crippen LogP) is 0.954. The average Bonchev–Trinajstić information content (AvgIpc) is 2.17. The molecule has 4 nitrogen and oxygen atoms in total. The SMILES string of the molecule is N#Cc1cc2ccccc2[nH][n+]1=O. The normalized spacial score (nSPS) is 9.77. The molecule has 4 heteroatoms. The molecule has 0 aliphatic carbocycles. The number of H-pyrrole nitrogens is 1. The Kier molecular flexibility index (Phi) is 1.57. The van der Waals surface area contributed by atoms with E-state index in [-0.39, 0.29) is 5.69 Å². The molecular formula is C9H6N3O+. The molecule has 0 atom stereocenters. The topological polar surface area (TPSA) is 62.6 Å². The van der Waals surface area contributed by atoms with Gasteiger partial charge in [0.1, 0.15) is 5.52 Å². The summed E-state index contributed by atoms with van der Waals surface area (Å²) in [5.74, 6) is 0. The second-order valence-electron chi connectivity index (χ2n) is 2.63. The van der Waals surface area contributed by atoms with Gasteiger partial charge in [-0.3, -0.25) is 0 Å². The van der Waals surface area contributed by atoms with Gasteiger partial charge in [-0.05, 0) is 6.07 Å². The lowest BCUT2D eigenvalue weighted by atomic mass is 10.2. The van der Waals surface area contributed by atoms with E-state index in [1.165, 1.54) is 0 Å². The summed E-state index contributed by atoms with van der Waals surface area (Å²) in [6.45, 7) is 0. The number of fused-ring (bicyclic) bond motifs is 1. The Bertz CT molecular complexity index is 551. The zero-order chi connectivity index (χ0) is 9.26. The van der Waals surface area contributed by atoms with Crippen LogP contribution in [-0.2, 0) is 0 Å². The number of benzene rings is 1. The maximum atomic E-state index is 11.1. The predicted molar refractivity (Wildman–Crippen MR) is 46.4 cm³/mol. The number of hydrogen-bond donors (Lipinski definition) is 1. The smallest absolute Gasteiger partial charge is 0.186 e. The van der Waals surface area contributed by atoms with Crippen LogP contribution in [0.1, 0.15) is 5.69 Å². The summed E-state index contributed by atoms with van der Waals surface area (Å²) in [6, 6.07) is 10.7. The molecule has 0 bridgehead atoms. The highest BCUT2D eigenvalue weighted by Crippen LogP contribution is 2.08. The van der Waals surface area contributed by atoms with Crippen LogP contribution < -0.4 is 4.54 Å². The van der Waals surface area contributed by atoms with E-state index >= 15 is 0 Å². The second kappa shape index (κ2) is 2.72. The van der Waals surface area contributed by atoms with Crippen LogP contribution in [0, 0.1) is 16.2 Å². The molecule has 0 radical (unpaired) electrons. The highest BCUT2D eigenvalue weighted by atomic mass is 16.3. The van der Waals surface area contributed by atoms with Crippen molar-refractivity contribution in [3.8, 4) is 6.07 Å². The van der Waals surface area contributed by atoms with Gasteiger partial charge in [0, 0.05) is 11.5 Å². The van der Waals surface area contributed by atoms with Gasteiger partial charge in [0.25, 0.3) is 0 Å². The summed E-state index contributed by atoms with van der Waals surface area (Å²) in [4.78, 5) is 11.1. The molecule has 0 saturated carbocycles. The zero-order valence-corrected chi connectivity index (χ0v) is 6.69. The van der Waals surface area contributed by atoms with Gasteiger partial charge in [-0.15, -0.1) is 5.10 Å².